The SMILES string of the molecule is [CH2-]CC.[CH2-]CCCC.[CH3-].[U+2].[U]. The van der Waals surface area contributed by atoms with Crippen molar-refractivity contribution in [1.29, 1.82) is 0 Å². The molecule has 11 heavy (non-hydrogen) atoms. The van der Waals surface area contributed by atoms with Crippen LogP contribution in [0.2, 0.25) is 0 Å². The fourth-order valence-corrected chi connectivity index (χ4v) is 0.250. The van der Waals surface area contributed by atoms with Crippen LogP contribution in [-0.4, -0.2) is 0 Å². The van der Waals surface area contributed by atoms with Gasteiger partial charge in [0.1, 0.15) is 0 Å². The molecule has 0 aliphatic carbocycles. The van der Waals surface area contributed by atoms with Gasteiger partial charge < -0.3 is 21.3 Å². The molecule has 0 N–H and O–H groups in total. The van der Waals surface area contributed by atoms with E-state index in [4.69, 9.17) is 0 Å². The van der Waals surface area contributed by atoms with Gasteiger partial charge in [-0.2, -0.15) is 12.8 Å². The molecule has 0 fully saturated rings. The second-order valence-corrected chi connectivity index (χ2v) is 1.71. The van der Waals surface area contributed by atoms with E-state index in [2.05, 4.69) is 20.8 Å². The van der Waals surface area contributed by atoms with Crippen LogP contribution in [0.5, 0.6) is 0 Å². The molecule has 66 valence electrons. The van der Waals surface area contributed by atoms with Crippen molar-refractivity contribution in [3.05, 3.63) is 21.3 Å². The molecule has 0 amide bonds. The minimum Gasteiger partial charge on any atom is -0.358 e. The number of hydrogen-bond acceptors (Lipinski definition) is 0. The van der Waals surface area contributed by atoms with Crippen LogP contribution in [0.3, 0.4) is 0 Å². The molecular formula is C9H21U2-. The van der Waals surface area contributed by atoms with Crippen molar-refractivity contribution in [2.45, 2.75) is 39.5 Å². The zero-order chi connectivity index (χ0) is 6.83. The molecule has 0 atom stereocenters. The Morgan fingerprint density at radius 1 is 1.09 bits per heavy atom. The molecule has 0 radical (unpaired) electrons. The number of unbranched alkanes of at least 4 members (excludes halogenated alkanes) is 2. The Hall–Kier alpha value is 2.10. The summed E-state index contributed by atoms with van der Waals surface area (Å²) in [7, 11) is 0. The molecule has 0 saturated heterocycles. The Morgan fingerprint density at radius 2 is 1.36 bits per heavy atom. The van der Waals surface area contributed by atoms with Crippen LogP contribution in [-0.2, 0) is 0 Å². The molecule has 0 heterocycles. The number of hydrogen-bond donors (Lipinski definition) is 0. The van der Waals surface area contributed by atoms with Crippen LogP contribution in [0.25, 0.3) is 0 Å². The van der Waals surface area contributed by atoms with Gasteiger partial charge in [0, 0.05) is 31.1 Å². The quantitative estimate of drug-likeness (QED) is 0.422. The van der Waals surface area contributed by atoms with E-state index < -0.39 is 0 Å². The van der Waals surface area contributed by atoms with Crippen LogP contribution in [0.1, 0.15) is 39.5 Å². The van der Waals surface area contributed by atoms with Gasteiger partial charge in [-0.05, 0) is 0 Å². The average Bonchev–Trinajstić information content (AvgIpc) is 1.71. The largest absolute Gasteiger partial charge is 2.00 e. The maximum absolute atomic E-state index is 3.68. The third-order valence-electron chi connectivity index (χ3n) is 0.604. The molecule has 0 aromatic heterocycles. The van der Waals surface area contributed by atoms with E-state index in [-0.39, 0.29) is 69.7 Å². The normalized spacial score (nSPS) is 5.45. The van der Waals surface area contributed by atoms with Crippen LogP contribution in [0, 0.1) is 83.5 Å². The number of rotatable bonds is 2. The summed E-state index contributed by atoms with van der Waals surface area (Å²) in [5, 5.41) is 0. The molecule has 0 saturated carbocycles. The van der Waals surface area contributed by atoms with Gasteiger partial charge in [0.2, 0.25) is 0 Å². The smallest absolute Gasteiger partial charge is 0.358 e. The Labute approximate surface area is 121 Å². The van der Waals surface area contributed by atoms with Crippen molar-refractivity contribution in [2.24, 2.45) is 0 Å². The van der Waals surface area contributed by atoms with Crippen LogP contribution < -0.4 is 0 Å². The van der Waals surface area contributed by atoms with Gasteiger partial charge in [0.25, 0.3) is 0 Å². The summed E-state index contributed by atoms with van der Waals surface area (Å²) < 4.78 is 0. The third kappa shape index (κ3) is 73.4. The Kier molecular flexibility index (Phi) is 106. The summed E-state index contributed by atoms with van der Waals surface area (Å²) in [5.74, 6) is 0. The summed E-state index contributed by atoms with van der Waals surface area (Å²) >= 11 is 0. The van der Waals surface area contributed by atoms with E-state index in [1.165, 1.54) is 12.8 Å². The van der Waals surface area contributed by atoms with E-state index in [0.29, 0.717) is 0 Å². The Morgan fingerprint density at radius 3 is 1.36 bits per heavy atom. The average molecular weight is 605 g/mol. The predicted molar refractivity (Wildman–Crippen MR) is 46.9 cm³/mol. The van der Waals surface area contributed by atoms with Crippen molar-refractivity contribution >= 4 is 0 Å². The van der Waals surface area contributed by atoms with Crippen LogP contribution >= 0.6 is 0 Å². The summed E-state index contributed by atoms with van der Waals surface area (Å²) in [6.45, 7) is 11.3. The van der Waals surface area contributed by atoms with Crippen LogP contribution in [0.4, 0.5) is 0 Å². The molecular weight excluding hydrogens is 584 g/mol. The molecule has 0 aliphatic heterocycles. The molecule has 2 heteroatoms. The zero-order valence-electron chi connectivity index (χ0n) is 8.24. The molecule has 0 aromatic carbocycles. The monoisotopic (exact) mass is 605 g/mol. The van der Waals surface area contributed by atoms with Gasteiger partial charge in [0.15, 0.2) is 0 Å². The predicted octanol–water partition coefficient (Wildman–Crippen LogP) is 3.69. The standard InChI is InChI=1S/C5H11.C3H7.CH3.2U/c1-3-5-4-2;1-3-2;;;/h1,3-5H2,2H3;1,3H2,2H3;1H3;;/q3*-1;;+2. The van der Waals surface area contributed by atoms with Crippen molar-refractivity contribution in [3.63, 3.8) is 0 Å². The fourth-order valence-electron chi connectivity index (χ4n) is 0.250. The Bertz CT molecular complexity index is 21.5. The third-order valence-corrected chi connectivity index (χ3v) is 0.604. The first-order valence-electron chi connectivity index (χ1n) is 3.41. The van der Waals surface area contributed by atoms with E-state index in [1.807, 2.05) is 6.92 Å². The maximum Gasteiger partial charge on any atom is 2.00 e. The van der Waals surface area contributed by atoms with E-state index in [9.17, 15) is 0 Å². The van der Waals surface area contributed by atoms with E-state index >= 15 is 0 Å². The van der Waals surface area contributed by atoms with Gasteiger partial charge >= 0.3 is 31.1 Å². The second kappa shape index (κ2) is 40.1. The van der Waals surface area contributed by atoms with E-state index in [0.717, 1.165) is 12.8 Å². The molecule has 0 unspecified atom stereocenters. The first-order valence-corrected chi connectivity index (χ1v) is 3.41. The molecule has 0 spiro atoms. The molecule has 0 bridgehead atoms. The van der Waals surface area contributed by atoms with Crippen molar-refractivity contribution in [1.82, 2.24) is 0 Å². The first-order chi connectivity index (χ1) is 3.83. The van der Waals surface area contributed by atoms with Gasteiger partial charge in [-0.15, -0.1) is 0 Å². The first kappa shape index (κ1) is 29.2. The topological polar surface area (TPSA) is 0 Å². The minimum atomic E-state index is 0. The van der Waals surface area contributed by atoms with Gasteiger partial charge in [-0.1, -0.05) is 26.7 Å². The molecule has 0 rings (SSSR count). The van der Waals surface area contributed by atoms with Gasteiger partial charge in [-0.3, -0.25) is 0 Å². The van der Waals surface area contributed by atoms with Crippen molar-refractivity contribution in [3.8, 4) is 0 Å². The summed E-state index contributed by atoms with van der Waals surface area (Å²) in [6, 6.07) is 0. The van der Waals surface area contributed by atoms with Crippen LogP contribution in [0.15, 0.2) is 0 Å². The zero-order valence-corrected chi connectivity index (χ0v) is 16.6. The van der Waals surface area contributed by atoms with Gasteiger partial charge in [-0.25, -0.2) is 0 Å². The maximum atomic E-state index is 3.68. The summed E-state index contributed by atoms with van der Waals surface area (Å²) in [5.41, 5.74) is 0. The van der Waals surface area contributed by atoms with Crippen molar-refractivity contribution in [2.75, 3.05) is 0 Å². The second-order valence-electron chi connectivity index (χ2n) is 1.71. The minimum absolute atomic E-state index is 0. The van der Waals surface area contributed by atoms with Crippen molar-refractivity contribution < 1.29 is 62.2 Å². The Balaban J connectivity index is -0.0000000183. The summed E-state index contributed by atoms with van der Waals surface area (Å²) in [6.07, 6.45) is 4.65. The van der Waals surface area contributed by atoms with E-state index in [1.54, 1.807) is 0 Å². The van der Waals surface area contributed by atoms with Gasteiger partial charge in [0.05, 0.1) is 0 Å². The molecule has 0 aliphatic rings. The summed E-state index contributed by atoms with van der Waals surface area (Å²) in [4.78, 5) is 0. The molecule has 0 nitrogen and oxygen atoms in total. The molecule has 0 aromatic rings. The fraction of sp³-hybridized carbons (Fsp3) is 0.667.